The SMILES string of the molecule is CC1=N[C-]=NC2C1N=CN2C1CC(O)C(CO)O1.Cc1n[c-]nc2c1ncn2C1OC(CO)C(O)C1F.[Y].[Y]. The zero-order valence-electron chi connectivity index (χ0n) is 21.2. The van der Waals surface area contributed by atoms with Crippen LogP contribution < -0.4 is 0 Å². The van der Waals surface area contributed by atoms with Crippen molar-refractivity contribution in [3.63, 3.8) is 0 Å². The molecule has 4 N–H and O–H groups in total. The third kappa shape index (κ3) is 6.37. The fourth-order valence-electron chi connectivity index (χ4n) is 4.64. The molecule has 0 amide bonds. The number of aliphatic hydroxyl groups excluding tert-OH is 4. The molecule has 4 aliphatic heterocycles. The standard InChI is InChI=1S/C11H12FN4O3.C11H15N4O3.2Y/c1-5-8-10(14-3-13-5)16(4-15-8)11-7(12)9(18)6(2-17)19-11;1-6-10-11(13-4-12-6)15(5-14-10)9-2-7(17)8(3-16)18-9;;/h4,6-7,9,11,17-18H,2H2,1H3;5,7-11,16-17H,2-3H2,1H3;;/q2*-1;;. The largest absolute Gasteiger partial charge is 0.439 e. The van der Waals surface area contributed by atoms with Gasteiger partial charge in [0, 0.05) is 83.7 Å². The first-order chi connectivity index (χ1) is 17.8. The van der Waals surface area contributed by atoms with Crippen LogP contribution in [0.1, 0.15) is 25.3 Å². The van der Waals surface area contributed by atoms with E-state index in [9.17, 15) is 14.6 Å². The van der Waals surface area contributed by atoms with Crippen molar-refractivity contribution in [2.24, 2.45) is 15.0 Å². The molecule has 206 valence electrons. The van der Waals surface area contributed by atoms with Gasteiger partial charge in [-0.1, -0.05) is 13.8 Å². The van der Waals surface area contributed by atoms with Crippen LogP contribution in [0.15, 0.2) is 21.3 Å². The minimum absolute atomic E-state index is 0. The fraction of sp³-hybridized carbons (Fsp3) is 0.636. The quantitative estimate of drug-likeness (QED) is 0.272. The molecule has 6 rings (SSSR count). The van der Waals surface area contributed by atoms with Crippen molar-refractivity contribution in [1.29, 1.82) is 0 Å². The van der Waals surface area contributed by atoms with Gasteiger partial charge < -0.3 is 59.3 Å². The Kier molecular flexibility index (Phi) is 11.7. The minimum atomic E-state index is -1.66. The van der Waals surface area contributed by atoms with Crippen LogP contribution in [0.5, 0.6) is 0 Å². The Hall–Kier alpha value is -0.742. The summed E-state index contributed by atoms with van der Waals surface area (Å²) in [6.07, 6.45) is 1.81. The van der Waals surface area contributed by atoms with E-state index in [4.69, 9.17) is 19.7 Å². The van der Waals surface area contributed by atoms with Gasteiger partial charge in [0.2, 0.25) is 0 Å². The van der Waals surface area contributed by atoms with Gasteiger partial charge in [-0.05, 0) is 12.0 Å². The Morgan fingerprint density at radius 2 is 1.85 bits per heavy atom. The second-order valence-electron chi connectivity index (χ2n) is 9.08. The summed E-state index contributed by atoms with van der Waals surface area (Å²) in [5.41, 5.74) is 2.39. The van der Waals surface area contributed by atoms with E-state index in [0.717, 1.165) is 5.71 Å². The van der Waals surface area contributed by atoms with E-state index in [1.807, 2.05) is 11.8 Å². The van der Waals surface area contributed by atoms with Gasteiger partial charge in [-0.3, -0.25) is 9.98 Å². The maximum absolute atomic E-state index is 14.0. The average molecular weight is 696 g/mol. The summed E-state index contributed by atoms with van der Waals surface area (Å²) in [7, 11) is 0. The van der Waals surface area contributed by atoms with Crippen molar-refractivity contribution in [3.05, 3.63) is 18.3 Å². The molecule has 17 heteroatoms. The van der Waals surface area contributed by atoms with Crippen molar-refractivity contribution in [3.8, 4) is 0 Å². The summed E-state index contributed by atoms with van der Waals surface area (Å²) in [4.78, 5) is 26.3. The van der Waals surface area contributed by atoms with E-state index in [1.165, 1.54) is 10.9 Å². The third-order valence-electron chi connectivity index (χ3n) is 6.74. The zero-order chi connectivity index (χ0) is 26.3. The second-order valence-corrected chi connectivity index (χ2v) is 9.08. The van der Waals surface area contributed by atoms with E-state index < -0.39 is 43.4 Å². The normalized spacial score (nSPS) is 34.7. The van der Waals surface area contributed by atoms with E-state index in [2.05, 4.69) is 42.6 Å². The van der Waals surface area contributed by atoms with Crippen LogP contribution in [0, 0.1) is 13.3 Å². The second kappa shape index (κ2) is 13.9. The molecule has 0 bridgehead atoms. The monoisotopic (exact) mass is 696 g/mol. The van der Waals surface area contributed by atoms with Crippen LogP contribution in [0.3, 0.4) is 0 Å². The maximum Gasteiger partial charge on any atom is 0.172 e. The summed E-state index contributed by atoms with van der Waals surface area (Å²) in [5, 5.41) is 37.5. The summed E-state index contributed by atoms with van der Waals surface area (Å²) in [6, 6.07) is -0.0971. The van der Waals surface area contributed by atoms with Gasteiger partial charge in [-0.15, -0.1) is 5.71 Å². The Labute approximate surface area is 273 Å². The molecule has 0 aliphatic carbocycles. The molecule has 0 saturated carbocycles. The predicted molar refractivity (Wildman–Crippen MR) is 126 cm³/mol. The number of aryl methyl sites for hydroxylation is 1. The molecular weight excluding hydrogens is 669 g/mol. The summed E-state index contributed by atoms with van der Waals surface area (Å²) in [5.74, 6) is 0. The van der Waals surface area contributed by atoms with Crippen LogP contribution in [-0.2, 0) is 74.9 Å². The summed E-state index contributed by atoms with van der Waals surface area (Å²) in [6.45, 7) is 2.99. The minimum Gasteiger partial charge on any atom is -0.439 e. The topological polar surface area (TPSA) is 183 Å². The van der Waals surface area contributed by atoms with Gasteiger partial charge in [0.05, 0.1) is 43.7 Å². The number of aliphatic imine (C=N–C) groups is 3. The van der Waals surface area contributed by atoms with E-state index in [-0.39, 0.29) is 90.5 Å². The van der Waals surface area contributed by atoms with E-state index in [0.29, 0.717) is 23.3 Å². The molecule has 0 aromatic carbocycles. The third-order valence-corrected chi connectivity index (χ3v) is 6.74. The summed E-state index contributed by atoms with van der Waals surface area (Å²) < 4.78 is 26.3. The number of alkyl halides is 1. The van der Waals surface area contributed by atoms with Crippen LogP contribution in [0.25, 0.3) is 11.2 Å². The van der Waals surface area contributed by atoms with Crippen molar-refractivity contribution in [2.75, 3.05) is 13.2 Å². The first-order valence-corrected chi connectivity index (χ1v) is 11.7. The van der Waals surface area contributed by atoms with Gasteiger partial charge in [-0.25, -0.2) is 4.39 Å². The molecule has 14 nitrogen and oxygen atoms in total. The first-order valence-electron chi connectivity index (χ1n) is 11.7. The Balaban J connectivity index is 0.000000205. The predicted octanol–water partition coefficient (Wildman–Crippen LogP) is -1.61. The van der Waals surface area contributed by atoms with Crippen molar-refractivity contribution in [1.82, 2.24) is 24.4 Å². The number of fused-ring (bicyclic) bond motifs is 2. The number of halogens is 1. The molecule has 9 atom stereocenters. The molecule has 6 heterocycles. The first kappa shape index (κ1) is 32.8. The van der Waals surface area contributed by atoms with E-state index in [1.54, 1.807) is 13.3 Å². The van der Waals surface area contributed by atoms with Crippen molar-refractivity contribution >= 4 is 29.6 Å². The number of aromatic nitrogens is 4. The number of imidazole rings is 1. The molecule has 2 fully saturated rings. The zero-order valence-corrected chi connectivity index (χ0v) is 26.9. The summed E-state index contributed by atoms with van der Waals surface area (Å²) >= 11 is 0. The number of rotatable bonds is 4. The van der Waals surface area contributed by atoms with Crippen LogP contribution in [-0.4, -0.2) is 125 Å². The molecular formula is C22H27FN8O6Y2-2. The number of ether oxygens (including phenoxy) is 2. The van der Waals surface area contributed by atoms with Crippen molar-refractivity contribution < 1.29 is 99.7 Å². The number of hydrogen-bond acceptors (Lipinski definition) is 13. The van der Waals surface area contributed by atoms with Gasteiger partial charge >= 0.3 is 0 Å². The molecule has 2 aromatic heterocycles. The molecule has 9 unspecified atom stereocenters. The van der Waals surface area contributed by atoms with Gasteiger partial charge in [0.15, 0.2) is 12.4 Å². The van der Waals surface area contributed by atoms with Gasteiger partial charge in [0.25, 0.3) is 0 Å². The number of hydrogen-bond donors (Lipinski definition) is 4. The molecule has 0 spiro atoms. The average Bonchev–Trinajstić information content (AvgIpc) is 3.66. The van der Waals surface area contributed by atoms with Gasteiger partial charge in [0.1, 0.15) is 30.7 Å². The molecule has 2 saturated heterocycles. The van der Waals surface area contributed by atoms with Crippen LogP contribution >= 0.6 is 0 Å². The number of nitrogens with zero attached hydrogens (tertiary/aromatic N) is 8. The van der Waals surface area contributed by atoms with Crippen LogP contribution in [0.4, 0.5) is 4.39 Å². The molecule has 2 aromatic rings. The number of aliphatic hydroxyl groups is 4. The maximum atomic E-state index is 14.0. The van der Waals surface area contributed by atoms with Gasteiger partial charge in [-0.2, -0.15) is 0 Å². The Morgan fingerprint density at radius 1 is 1.10 bits per heavy atom. The van der Waals surface area contributed by atoms with Crippen LogP contribution in [0.2, 0.25) is 0 Å². The fourth-order valence-corrected chi connectivity index (χ4v) is 4.64. The molecule has 2 radical (unpaired) electrons. The smallest absolute Gasteiger partial charge is 0.172 e. The Bertz CT molecular complexity index is 1220. The van der Waals surface area contributed by atoms with Crippen molar-refractivity contribution in [2.45, 2.75) is 75.5 Å². The molecule has 39 heavy (non-hydrogen) atoms. The Morgan fingerprint density at radius 3 is 2.51 bits per heavy atom. The molecule has 4 aliphatic rings. The van der Waals surface area contributed by atoms with E-state index >= 15 is 0 Å².